The minimum absolute atomic E-state index is 0.148. The van der Waals surface area contributed by atoms with E-state index in [1.807, 2.05) is 26.0 Å². The Hall–Kier alpha value is -3.56. The number of amides is 2. The molecule has 1 unspecified atom stereocenters. The first kappa shape index (κ1) is 24.6. The molecule has 8 nitrogen and oxygen atoms in total. The number of H-pyrrole nitrogens is 1. The molecule has 0 bridgehead atoms. The van der Waals surface area contributed by atoms with E-state index >= 15 is 0 Å². The molecule has 2 amide bonds. The highest BCUT2D eigenvalue weighted by Crippen LogP contribution is 2.36. The number of benzene rings is 1. The van der Waals surface area contributed by atoms with Crippen molar-refractivity contribution in [3.63, 3.8) is 0 Å². The minimum atomic E-state index is -2.75. The molecule has 0 spiro atoms. The van der Waals surface area contributed by atoms with Crippen LogP contribution < -0.4 is 10.6 Å². The van der Waals surface area contributed by atoms with Crippen LogP contribution in [-0.4, -0.2) is 43.8 Å². The summed E-state index contributed by atoms with van der Waals surface area (Å²) in [5.74, 6) is -4.06. The van der Waals surface area contributed by atoms with Crippen LogP contribution in [0.4, 0.5) is 14.5 Å². The Kier molecular flexibility index (Phi) is 7.00. The average molecular weight is 485 g/mol. The lowest BCUT2D eigenvalue weighted by atomic mass is 9.90. The molecule has 1 fully saturated rings. The SMILES string of the molecule is Cc1n[nH]c(C)c1-c1ccc(NC(=O)[C@@H](NC(=O)c2ccnn2C)C2CCCC(F)(F)CC2)cc1. The lowest BCUT2D eigenvalue weighted by Gasteiger charge is -2.26. The fourth-order valence-electron chi connectivity index (χ4n) is 4.75. The van der Waals surface area contributed by atoms with E-state index in [9.17, 15) is 18.4 Å². The van der Waals surface area contributed by atoms with Gasteiger partial charge in [0.1, 0.15) is 11.7 Å². The van der Waals surface area contributed by atoms with Crippen LogP contribution in [0.5, 0.6) is 0 Å². The molecule has 3 aromatic rings. The Balaban J connectivity index is 1.53. The summed E-state index contributed by atoms with van der Waals surface area (Å²) < 4.78 is 29.4. The molecule has 186 valence electrons. The Morgan fingerprint density at radius 3 is 2.51 bits per heavy atom. The molecule has 10 heteroatoms. The lowest BCUT2D eigenvalue weighted by molar-refractivity contribution is -0.119. The van der Waals surface area contributed by atoms with Gasteiger partial charge in [0.05, 0.1) is 5.69 Å². The summed E-state index contributed by atoms with van der Waals surface area (Å²) in [6, 6.07) is 7.92. The number of rotatable bonds is 6. The van der Waals surface area contributed by atoms with Gasteiger partial charge < -0.3 is 10.6 Å². The summed E-state index contributed by atoms with van der Waals surface area (Å²) in [5.41, 5.74) is 4.63. The van der Waals surface area contributed by atoms with Gasteiger partial charge in [0, 0.05) is 43.0 Å². The van der Waals surface area contributed by atoms with Crippen molar-refractivity contribution in [1.82, 2.24) is 25.3 Å². The molecule has 2 aromatic heterocycles. The molecule has 0 aliphatic heterocycles. The number of aromatic nitrogens is 4. The van der Waals surface area contributed by atoms with Gasteiger partial charge in [-0.25, -0.2) is 8.78 Å². The van der Waals surface area contributed by atoms with E-state index in [0.29, 0.717) is 18.5 Å². The fourth-order valence-corrected chi connectivity index (χ4v) is 4.75. The van der Waals surface area contributed by atoms with E-state index in [2.05, 4.69) is 25.9 Å². The fraction of sp³-hybridized carbons (Fsp3) is 0.440. The predicted molar refractivity (Wildman–Crippen MR) is 128 cm³/mol. The number of aromatic amines is 1. The minimum Gasteiger partial charge on any atom is -0.339 e. The third-order valence-electron chi connectivity index (χ3n) is 6.66. The largest absolute Gasteiger partial charge is 0.339 e. The molecule has 4 rings (SSSR count). The van der Waals surface area contributed by atoms with Gasteiger partial charge in [-0.2, -0.15) is 10.2 Å². The zero-order valence-electron chi connectivity index (χ0n) is 20.1. The van der Waals surface area contributed by atoms with Crippen molar-refractivity contribution >= 4 is 17.5 Å². The highest BCUT2D eigenvalue weighted by atomic mass is 19.3. The second-order valence-corrected chi connectivity index (χ2v) is 9.21. The number of anilines is 1. The maximum Gasteiger partial charge on any atom is 0.270 e. The first-order valence-corrected chi connectivity index (χ1v) is 11.7. The zero-order valence-corrected chi connectivity index (χ0v) is 20.1. The van der Waals surface area contributed by atoms with Gasteiger partial charge in [-0.05, 0) is 62.8 Å². The van der Waals surface area contributed by atoms with Gasteiger partial charge in [-0.1, -0.05) is 12.1 Å². The van der Waals surface area contributed by atoms with E-state index in [-0.39, 0.29) is 25.0 Å². The van der Waals surface area contributed by atoms with Crippen molar-refractivity contribution in [2.45, 2.75) is 57.9 Å². The molecule has 1 aliphatic carbocycles. The number of halogens is 2. The van der Waals surface area contributed by atoms with E-state index in [4.69, 9.17) is 0 Å². The van der Waals surface area contributed by atoms with E-state index in [1.54, 1.807) is 25.2 Å². The lowest BCUT2D eigenvalue weighted by Crippen LogP contribution is -2.49. The van der Waals surface area contributed by atoms with Gasteiger partial charge in [-0.3, -0.25) is 19.4 Å². The van der Waals surface area contributed by atoms with Crippen LogP contribution in [0.15, 0.2) is 36.5 Å². The number of hydrogen-bond acceptors (Lipinski definition) is 4. The number of nitrogens with zero attached hydrogens (tertiary/aromatic N) is 3. The summed E-state index contributed by atoms with van der Waals surface area (Å²) in [5, 5.41) is 16.8. The third-order valence-corrected chi connectivity index (χ3v) is 6.66. The number of hydrogen-bond donors (Lipinski definition) is 3. The van der Waals surface area contributed by atoms with Crippen LogP contribution in [0.2, 0.25) is 0 Å². The van der Waals surface area contributed by atoms with Gasteiger partial charge >= 0.3 is 0 Å². The Labute approximate surface area is 202 Å². The molecule has 1 aromatic carbocycles. The molecular weight excluding hydrogens is 454 g/mol. The number of carbonyl (C=O) groups is 2. The maximum atomic E-state index is 14.0. The van der Waals surface area contributed by atoms with Crippen LogP contribution in [0.3, 0.4) is 0 Å². The van der Waals surface area contributed by atoms with Gasteiger partial charge in [0.2, 0.25) is 11.8 Å². The van der Waals surface area contributed by atoms with Crippen molar-refractivity contribution < 1.29 is 18.4 Å². The first-order valence-electron chi connectivity index (χ1n) is 11.7. The molecule has 1 aliphatic rings. The molecule has 2 heterocycles. The van der Waals surface area contributed by atoms with Crippen LogP contribution in [0.25, 0.3) is 11.1 Å². The van der Waals surface area contributed by atoms with Crippen molar-refractivity contribution in [2.75, 3.05) is 5.32 Å². The molecule has 35 heavy (non-hydrogen) atoms. The second kappa shape index (κ2) is 9.97. The predicted octanol–water partition coefficient (Wildman–Crippen LogP) is 4.38. The summed E-state index contributed by atoms with van der Waals surface area (Å²) >= 11 is 0. The molecule has 2 atom stereocenters. The molecule has 0 saturated heterocycles. The Morgan fingerprint density at radius 2 is 1.89 bits per heavy atom. The highest BCUT2D eigenvalue weighted by Gasteiger charge is 2.38. The van der Waals surface area contributed by atoms with E-state index in [0.717, 1.165) is 22.5 Å². The topological polar surface area (TPSA) is 105 Å². The first-order chi connectivity index (χ1) is 16.6. The smallest absolute Gasteiger partial charge is 0.270 e. The van der Waals surface area contributed by atoms with Crippen LogP contribution in [-0.2, 0) is 11.8 Å². The van der Waals surface area contributed by atoms with Crippen LogP contribution in [0, 0.1) is 19.8 Å². The monoisotopic (exact) mass is 484 g/mol. The van der Waals surface area contributed by atoms with Crippen molar-refractivity contribution in [1.29, 1.82) is 0 Å². The normalized spacial score (nSPS) is 18.5. The van der Waals surface area contributed by atoms with Crippen molar-refractivity contribution in [2.24, 2.45) is 13.0 Å². The number of carbonyl (C=O) groups excluding carboxylic acids is 2. The zero-order chi connectivity index (χ0) is 25.2. The Morgan fingerprint density at radius 1 is 1.14 bits per heavy atom. The summed E-state index contributed by atoms with van der Waals surface area (Å²) in [6.07, 6.45) is 1.84. The summed E-state index contributed by atoms with van der Waals surface area (Å²) in [4.78, 5) is 26.2. The van der Waals surface area contributed by atoms with E-state index < -0.39 is 29.7 Å². The molecule has 1 saturated carbocycles. The van der Waals surface area contributed by atoms with Gasteiger partial charge in [0.25, 0.3) is 5.91 Å². The number of aryl methyl sites for hydroxylation is 3. The average Bonchev–Trinajstić information content (AvgIpc) is 3.33. The number of nitrogens with one attached hydrogen (secondary N) is 3. The standard InChI is InChI=1S/C25H30F2N6O2/c1-15-21(16(2)32-31-15)17-6-8-19(9-7-17)29-24(35)22(18-5-4-12-25(26,27)13-10-18)30-23(34)20-11-14-28-33(20)3/h6-9,11,14,18,22H,4-5,10,12-13H2,1-3H3,(H,29,35)(H,30,34)(H,31,32)/t18?,22-/m0/s1. The quantitative estimate of drug-likeness (QED) is 0.452. The van der Waals surface area contributed by atoms with Crippen LogP contribution in [0.1, 0.15) is 54.0 Å². The summed E-state index contributed by atoms with van der Waals surface area (Å²) in [7, 11) is 1.63. The van der Waals surface area contributed by atoms with E-state index in [1.165, 1.54) is 10.9 Å². The third kappa shape index (κ3) is 5.58. The van der Waals surface area contributed by atoms with Crippen molar-refractivity contribution in [3.05, 3.63) is 53.6 Å². The maximum absolute atomic E-state index is 14.0. The second-order valence-electron chi connectivity index (χ2n) is 9.21. The summed E-state index contributed by atoms with van der Waals surface area (Å²) in [6.45, 7) is 3.86. The Bertz CT molecular complexity index is 1180. The highest BCUT2D eigenvalue weighted by molar-refractivity contribution is 6.00. The number of alkyl halides is 2. The molecular formula is C25H30F2N6O2. The van der Waals surface area contributed by atoms with Gasteiger partial charge in [-0.15, -0.1) is 0 Å². The molecule has 0 radical (unpaired) electrons. The van der Waals surface area contributed by atoms with Gasteiger partial charge in [0.15, 0.2) is 0 Å². The molecule has 3 N–H and O–H groups in total. The van der Waals surface area contributed by atoms with Crippen molar-refractivity contribution in [3.8, 4) is 11.1 Å². The van der Waals surface area contributed by atoms with Crippen LogP contribution >= 0.6 is 0 Å².